The number of cyclic esters (lactones) is 2. The van der Waals surface area contributed by atoms with E-state index in [1.165, 1.54) is 23.5 Å². The maximum Gasteiger partial charge on any atom is 0.350 e. The molecule has 0 atom stereocenters. The van der Waals surface area contributed by atoms with Crippen LogP contribution in [0.25, 0.3) is 0 Å². The Kier molecular flexibility index (Phi) is 6.29. The molecule has 0 aliphatic carbocycles. The Hall–Kier alpha value is -2.18. The summed E-state index contributed by atoms with van der Waals surface area (Å²) in [5.74, 6) is -1.21. The minimum absolute atomic E-state index is 0.0174. The van der Waals surface area contributed by atoms with E-state index in [4.69, 9.17) is 9.47 Å². The van der Waals surface area contributed by atoms with Gasteiger partial charge in [-0.3, -0.25) is 0 Å². The number of carbonyl (C=O) groups is 2. The van der Waals surface area contributed by atoms with Crippen molar-refractivity contribution in [1.29, 1.82) is 0 Å². The first-order valence-corrected chi connectivity index (χ1v) is 10.5. The van der Waals surface area contributed by atoms with Gasteiger partial charge in [0.05, 0.1) is 4.24 Å². The van der Waals surface area contributed by atoms with Crippen molar-refractivity contribution >= 4 is 35.5 Å². The van der Waals surface area contributed by atoms with Gasteiger partial charge in [0.1, 0.15) is 0 Å². The SMILES string of the molecule is CC1(C)OC(=O)C(=C(SCc2ccccc2)SCc2ccccc2)C(=O)O1. The smallest absolute Gasteiger partial charge is 0.350 e. The van der Waals surface area contributed by atoms with Gasteiger partial charge >= 0.3 is 11.9 Å². The molecule has 1 fully saturated rings. The van der Waals surface area contributed by atoms with Gasteiger partial charge < -0.3 is 9.47 Å². The van der Waals surface area contributed by atoms with E-state index in [1.54, 1.807) is 13.8 Å². The Balaban J connectivity index is 1.84. The van der Waals surface area contributed by atoms with Crippen molar-refractivity contribution in [2.45, 2.75) is 31.1 Å². The average molecular weight is 401 g/mol. The van der Waals surface area contributed by atoms with Crippen molar-refractivity contribution in [3.05, 3.63) is 81.6 Å². The summed E-state index contributed by atoms with van der Waals surface area (Å²) in [6, 6.07) is 19.8. The topological polar surface area (TPSA) is 52.6 Å². The first-order valence-electron chi connectivity index (χ1n) is 8.49. The molecule has 0 amide bonds. The van der Waals surface area contributed by atoms with Crippen LogP contribution in [-0.2, 0) is 30.6 Å². The molecule has 0 aromatic heterocycles. The van der Waals surface area contributed by atoms with Crippen LogP contribution in [0, 0.1) is 0 Å². The molecular weight excluding hydrogens is 380 g/mol. The standard InChI is InChI=1S/C21H20O4S2/c1-21(2)24-18(22)17(19(23)25-21)20(26-13-15-9-5-3-6-10-15)27-14-16-11-7-4-8-12-16/h3-12H,13-14H2,1-2H3. The zero-order valence-corrected chi connectivity index (χ0v) is 16.8. The fourth-order valence-electron chi connectivity index (χ4n) is 2.45. The first-order chi connectivity index (χ1) is 12.9. The molecule has 4 nitrogen and oxygen atoms in total. The lowest BCUT2D eigenvalue weighted by molar-refractivity contribution is -0.222. The summed E-state index contributed by atoms with van der Waals surface area (Å²) in [5.41, 5.74) is 2.20. The Morgan fingerprint density at radius 3 is 1.59 bits per heavy atom. The highest BCUT2D eigenvalue weighted by Crippen LogP contribution is 2.39. The van der Waals surface area contributed by atoms with Crippen LogP contribution in [0.3, 0.4) is 0 Å². The van der Waals surface area contributed by atoms with Crippen LogP contribution < -0.4 is 0 Å². The third kappa shape index (κ3) is 5.40. The van der Waals surface area contributed by atoms with Crippen LogP contribution in [0.1, 0.15) is 25.0 Å². The molecule has 1 heterocycles. The van der Waals surface area contributed by atoms with Crippen molar-refractivity contribution in [2.24, 2.45) is 0 Å². The minimum atomic E-state index is -1.24. The fourth-order valence-corrected chi connectivity index (χ4v) is 4.74. The van der Waals surface area contributed by atoms with Crippen molar-refractivity contribution < 1.29 is 19.1 Å². The number of hydrogen-bond donors (Lipinski definition) is 0. The molecule has 0 spiro atoms. The second-order valence-electron chi connectivity index (χ2n) is 6.39. The van der Waals surface area contributed by atoms with Crippen molar-refractivity contribution in [3.8, 4) is 0 Å². The molecule has 1 aliphatic rings. The van der Waals surface area contributed by atoms with Crippen LogP contribution in [0.4, 0.5) is 0 Å². The number of carbonyl (C=O) groups excluding carboxylic acids is 2. The predicted molar refractivity (Wildman–Crippen MR) is 109 cm³/mol. The Labute approximate surface area is 167 Å². The Morgan fingerprint density at radius 2 is 1.19 bits per heavy atom. The third-order valence-corrected chi connectivity index (χ3v) is 6.31. The lowest BCUT2D eigenvalue weighted by atomic mass is 10.2. The Morgan fingerprint density at radius 1 is 0.778 bits per heavy atom. The molecule has 2 aromatic carbocycles. The van der Waals surface area contributed by atoms with E-state index < -0.39 is 17.7 Å². The molecule has 0 bridgehead atoms. The van der Waals surface area contributed by atoms with Gasteiger partial charge in [0, 0.05) is 25.4 Å². The van der Waals surface area contributed by atoms with Gasteiger partial charge in [-0.05, 0) is 11.1 Å². The largest absolute Gasteiger partial charge is 0.419 e. The number of esters is 2. The van der Waals surface area contributed by atoms with E-state index in [0.717, 1.165) is 11.1 Å². The third-order valence-electron chi connectivity index (χ3n) is 3.71. The van der Waals surface area contributed by atoms with E-state index in [0.29, 0.717) is 15.7 Å². The second kappa shape index (κ2) is 8.67. The number of hydrogen-bond acceptors (Lipinski definition) is 6. The molecule has 0 unspecified atom stereocenters. The molecule has 140 valence electrons. The number of thioether (sulfide) groups is 2. The summed E-state index contributed by atoms with van der Waals surface area (Å²) < 4.78 is 11.2. The van der Waals surface area contributed by atoms with Gasteiger partial charge in [-0.25, -0.2) is 9.59 Å². The molecule has 27 heavy (non-hydrogen) atoms. The van der Waals surface area contributed by atoms with Gasteiger partial charge in [0.25, 0.3) is 5.79 Å². The molecule has 2 aromatic rings. The highest BCUT2D eigenvalue weighted by molar-refractivity contribution is 8.21. The van der Waals surface area contributed by atoms with Crippen molar-refractivity contribution in [1.82, 2.24) is 0 Å². The molecule has 3 rings (SSSR count). The Bertz CT molecular complexity index is 778. The lowest BCUT2D eigenvalue weighted by Crippen LogP contribution is -2.42. The summed E-state index contributed by atoms with van der Waals surface area (Å²) >= 11 is 2.90. The van der Waals surface area contributed by atoms with Gasteiger partial charge in [-0.2, -0.15) is 0 Å². The van der Waals surface area contributed by atoms with E-state index >= 15 is 0 Å². The molecule has 0 radical (unpaired) electrons. The monoisotopic (exact) mass is 400 g/mol. The highest BCUT2D eigenvalue weighted by atomic mass is 32.2. The van der Waals surface area contributed by atoms with Crippen LogP contribution in [0.5, 0.6) is 0 Å². The van der Waals surface area contributed by atoms with Crippen molar-refractivity contribution in [3.63, 3.8) is 0 Å². The summed E-state index contributed by atoms with van der Waals surface area (Å²) in [6.07, 6.45) is 0. The van der Waals surface area contributed by atoms with E-state index in [9.17, 15) is 9.59 Å². The second-order valence-corrected chi connectivity index (χ2v) is 8.62. The summed E-state index contributed by atoms with van der Waals surface area (Å²) in [7, 11) is 0. The summed E-state index contributed by atoms with van der Waals surface area (Å²) in [5, 5.41) is 0. The number of rotatable bonds is 6. The molecule has 1 saturated heterocycles. The number of ether oxygens (including phenoxy) is 2. The lowest BCUT2D eigenvalue weighted by Gasteiger charge is -2.30. The van der Waals surface area contributed by atoms with Crippen LogP contribution >= 0.6 is 23.5 Å². The molecule has 0 N–H and O–H groups in total. The first kappa shape index (κ1) is 19.6. The zero-order valence-electron chi connectivity index (χ0n) is 15.1. The average Bonchev–Trinajstić information content (AvgIpc) is 2.63. The van der Waals surface area contributed by atoms with Crippen LogP contribution in [0.2, 0.25) is 0 Å². The normalized spacial score (nSPS) is 15.9. The van der Waals surface area contributed by atoms with E-state index in [-0.39, 0.29) is 5.57 Å². The highest BCUT2D eigenvalue weighted by Gasteiger charge is 2.41. The maximum absolute atomic E-state index is 12.5. The molecule has 6 heteroatoms. The van der Waals surface area contributed by atoms with Gasteiger partial charge in [0.2, 0.25) is 0 Å². The molecular formula is C21H20O4S2. The molecule has 1 aliphatic heterocycles. The molecule has 0 saturated carbocycles. The summed E-state index contributed by atoms with van der Waals surface area (Å²) in [4.78, 5) is 25.0. The van der Waals surface area contributed by atoms with Crippen LogP contribution in [0.15, 0.2) is 70.5 Å². The van der Waals surface area contributed by atoms with Gasteiger partial charge in [0.15, 0.2) is 5.57 Å². The van der Waals surface area contributed by atoms with Gasteiger partial charge in [-0.1, -0.05) is 60.7 Å². The van der Waals surface area contributed by atoms with Crippen LogP contribution in [-0.4, -0.2) is 17.7 Å². The predicted octanol–water partition coefficient (Wildman–Crippen LogP) is 4.90. The fraction of sp³-hybridized carbons (Fsp3) is 0.238. The quantitative estimate of drug-likeness (QED) is 0.390. The zero-order chi connectivity index (χ0) is 19.3. The van der Waals surface area contributed by atoms with E-state index in [2.05, 4.69) is 0 Å². The van der Waals surface area contributed by atoms with Crippen molar-refractivity contribution in [2.75, 3.05) is 0 Å². The minimum Gasteiger partial charge on any atom is -0.419 e. The summed E-state index contributed by atoms with van der Waals surface area (Å²) in [6.45, 7) is 3.10. The maximum atomic E-state index is 12.5. The number of benzene rings is 2. The van der Waals surface area contributed by atoms with E-state index in [1.807, 2.05) is 60.7 Å². The van der Waals surface area contributed by atoms with Gasteiger partial charge in [-0.15, -0.1) is 23.5 Å².